The van der Waals surface area contributed by atoms with Gasteiger partial charge in [-0.1, -0.05) is 91.0 Å². The van der Waals surface area contributed by atoms with Crippen LogP contribution in [0.4, 0.5) is 0 Å². The second-order valence-corrected chi connectivity index (χ2v) is 10.1. The molecule has 1 heterocycles. The quantitative estimate of drug-likeness (QED) is 0.340. The molecule has 2 nitrogen and oxygen atoms in total. The van der Waals surface area contributed by atoms with Crippen LogP contribution < -0.4 is 0 Å². The van der Waals surface area contributed by atoms with Crippen LogP contribution in [0.1, 0.15) is 60.6 Å². The highest BCUT2D eigenvalue weighted by molar-refractivity contribution is 5.85. The molecule has 0 bridgehead atoms. The lowest BCUT2D eigenvalue weighted by Gasteiger charge is -2.39. The first-order valence-electron chi connectivity index (χ1n) is 12.8. The molecule has 3 aromatic rings. The summed E-state index contributed by atoms with van der Waals surface area (Å²) in [6.07, 6.45) is 7.05. The van der Waals surface area contributed by atoms with Gasteiger partial charge in [-0.05, 0) is 80.1 Å². The van der Waals surface area contributed by atoms with Gasteiger partial charge in [0.15, 0.2) is 0 Å². The average molecular weight is 476 g/mol. The molecule has 1 saturated heterocycles. The Kier molecular flexibility index (Phi) is 8.83. The maximum Gasteiger partial charge on any atom is 0.0815 e. The van der Waals surface area contributed by atoms with E-state index in [0.29, 0.717) is 11.8 Å². The Hall–Kier alpha value is -2.13. The summed E-state index contributed by atoms with van der Waals surface area (Å²) < 4.78 is 6.82. The summed E-state index contributed by atoms with van der Waals surface area (Å²) >= 11 is 0. The molecule has 0 N–H and O–H groups in total. The van der Waals surface area contributed by atoms with Gasteiger partial charge in [0, 0.05) is 6.54 Å². The van der Waals surface area contributed by atoms with Crippen LogP contribution in [0, 0.1) is 0 Å². The summed E-state index contributed by atoms with van der Waals surface area (Å²) in [7, 11) is 0. The molecule has 0 aromatic heterocycles. The van der Waals surface area contributed by atoms with E-state index in [1.54, 1.807) is 0 Å². The largest absolute Gasteiger partial charge is 0.373 e. The van der Waals surface area contributed by atoms with Crippen LogP contribution in [0.25, 0.3) is 0 Å². The van der Waals surface area contributed by atoms with E-state index in [2.05, 4.69) is 95.9 Å². The summed E-state index contributed by atoms with van der Waals surface area (Å²) in [5, 5.41) is 0. The van der Waals surface area contributed by atoms with E-state index >= 15 is 0 Å². The fraction of sp³-hybridized carbons (Fsp3) is 0.419. The highest BCUT2D eigenvalue weighted by atomic mass is 35.5. The van der Waals surface area contributed by atoms with Gasteiger partial charge < -0.3 is 9.64 Å². The van der Waals surface area contributed by atoms with Crippen molar-refractivity contribution < 1.29 is 4.74 Å². The molecule has 5 rings (SSSR count). The monoisotopic (exact) mass is 475 g/mol. The first kappa shape index (κ1) is 25.0. The molecule has 3 aromatic carbocycles. The summed E-state index contributed by atoms with van der Waals surface area (Å²) in [5.74, 6) is 1.32. The summed E-state index contributed by atoms with van der Waals surface area (Å²) in [6, 6.07) is 32.9. The van der Waals surface area contributed by atoms with Crippen LogP contribution in [-0.4, -0.2) is 36.7 Å². The van der Waals surface area contributed by atoms with Gasteiger partial charge in [-0.25, -0.2) is 0 Å². The van der Waals surface area contributed by atoms with E-state index in [9.17, 15) is 0 Å². The number of likely N-dealkylation sites (tertiary alicyclic amines) is 1. The van der Waals surface area contributed by atoms with Gasteiger partial charge in [0.2, 0.25) is 0 Å². The first-order chi connectivity index (χ1) is 16.3. The number of halogens is 1. The van der Waals surface area contributed by atoms with Crippen molar-refractivity contribution in [1.82, 2.24) is 4.90 Å². The summed E-state index contributed by atoms with van der Waals surface area (Å²) in [6.45, 7) is 4.25. The van der Waals surface area contributed by atoms with Crippen LogP contribution in [0.3, 0.4) is 0 Å². The number of rotatable bonds is 8. The topological polar surface area (TPSA) is 12.5 Å². The zero-order valence-electron chi connectivity index (χ0n) is 20.1. The van der Waals surface area contributed by atoms with Gasteiger partial charge in [-0.2, -0.15) is 0 Å². The highest BCUT2D eigenvalue weighted by Crippen LogP contribution is 2.44. The third kappa shape index (κ3) is 6.30. The summed E-state index contributed by atoms with van der Waals surface area (Å²) in [4.78, 5) is 2.69. The number of piperidine rings is 1. The van der Waals surface area contributed by atoms with Crippen LogP contribution in [0.5, 0.6) is 0 Å². The van der Waals surface area contributed by atoms with E-state index in [4.69, 9.17) is 4.74 Å². The Morgan fingerprint density at radius 2 is 1.26 bits per heavy atom. The number of benzene rings is 3. The molecule has 2 aliphatic rings. The third-order valence-electron chi connectivity index (χ3n) is 7.85. The van der Waals surface area contributed by atoms with Gasteiger partial charge in [0.1, 0.15) is 0 Å². The predicted octanol–water partition coefficient (Wildman–Crippen LogP) is 7.25. The molecule has 180 valence electrons. The third-order valence-corrected chi connectivity index (χ3v) is 7.85. The SMILES string of the molecule is Cl.c1ccc(CCOC2(CN3CCC(c4ccccc4)CC3)CCC(c3ccccc3)C2)cc1. The van der Waals surface area contributed by atoms with Crippen molar-refractivity contribution >= 4 is 12.4 Å². The maximum atomic E-state index is 6.82. The average Bonchev–Trinajstić information content (AvgIpc) is 3.30. The standard InChI is InChI=1S/C31H37NO.ClH/c1-4-10-26(11-5-1)19-23-33-31(20-16-30(24-31)28-14-8-3-9-15-28)25-32-21-17-29(18-22-32)27-12-6-2-7-13-27;/h1-15,29-30H,16-25H2;1H. The lowest BCUT2D eigenvalue weighted by Crippen LogP contribution is -2.46. The van der Waals surface area contributed by atoms with Crippen LogP contribution in [-0.2, 0) is 11.2 Å². The molecule has 1 aliphatic heterocycles. The highest BCUT2D eigenvalue weighted by Gasteiger charge is 2.42. The van der Waals surface area contributed by atoms with Crippen molar-refractivity contribution in [3.8, 4) is 0 Å². The molecular formula is C31H38ClNO. The minimum atomic E-state index is -0.0190. The zero-order valence-corrected chi connectivity index (χ0v) is 21.0. The van der Waals surface area contributed by atoms with Gasteiger partial charge >= 0.3 is 0 Å². The van der Waals surface area contributed by atoms with Crippen molar-refractivity contribution in [2.45, 2.75) is 56.0 Å². The van der Waals surface area contributed by atoms with Crippen molar-refractivity contribution in [2.24, 2.45) is 0 Å². The number of hydrogen-bond acceptors (Lipinski definition) is 2. The Bertz CT molecular complexity index is 972. The van der Waals surface area contributed by atoms with Crippen LogP contribution >= 0.6 is 12.4 Å². The molecule has 2 fully saturated rings. The molecule has 0 spiro atoms. The molecule has 0 radical (unpaired) electrons. The smallest absolute Gasteiger partial charge is 0.0815 e. The molecule has 0 amide bonds. The second-order valence-electron chi connectivity index (χ2n) is 10.1. The van der Waals surface area contributed by atoms with Crippen molar-refractivity contribution in [1.29, 1.82) is 0 Å². The Labute approximate surface area is 211 Å². The number of nitrogens with zero attached hydrogens (tertiary/aromatic N) is 1. The van der Waals surface area contributed by atoms with Gasteiger partial charge in [-0.3, -0.25) is 0 Å². The fourth-order valence-electron chi connectivity index (χ4n) is 6.01. The van der Waals surface area contributed by atoms with E-state index < -0.39 is 0 Å². The number of hydrogen-bond donors (Lipinski definition) is 0. The fourth-order valence-corrected chi connectivity index (χ4v) is 6.01. The van der Waals surface area contributed by atoms with Crippen LogP contribution in [0.2, 0.25) is 0 Å². The predicted molar refractivity (Wildman–Crippen MR) is 144 cm³/mol. The maximum absolute atomic E-state index is 6.82. The lowest BCUT2D eigenvalue weighted by atomic mass is 9.88. The molecule has 3 heteroatoms. The summed E-state index contributed by atoms with van der Waals surface area (Å²) in [5.41, 5.74) is 4.34. The minimum Gasteiger partial charge on any atom is -0.373 e. The molecule has 34 heavy (non-hydrogen) atoms. The first-order valence-corrected chi connectivity index (χ1v) is 12.8. The molecule has 2 unspecified atom stereocenters. The van der Waals surface area contributed by atoms with E-state index in [1.165, 1.54) is 55.5 Å². The lowest BCUT2D eigenvalue weighted by molar-refractivity contribution is -0.0645. The zero-order chi connectivity index (χ0) is 22.3. The normalized spacial score (nSPS) is 23.5. The van der Waals surface area contributed by atoms with Crippen molar-refractivity contribution in [3.63, 3.8) is 0 Å². The molecule has 2 atom stereocenters. The van der Waals surface area contributed by atoms with E-state index in [1.807, 2.05) is 0 Å². The van der Waals surface area contributed by atoms with Crippen molar-refractivity contribution in [2.75, 3.05) is 26.2 Å². The Balaban J connectivity index is 0.00000274. The second kappa shape index (κ2) is 12.0. The molecule has 1 aliphatic carbocycles. The minimum absolute atomic E-state index is 0. The number of ether oxygens (including phenoxy) is 1. The van der Waals surface area contributed by atoms with Gasteiger partial charge in [0.25, 0.3) is 0 Å². The van der Waals surface area contributed by atoms with Gasteiger partial charge in [0.05, 0.1) is 12.2 Å². The van der Waals surface area contributed by atoms with Gasteiger partial charge in [-0.15, -0.1) is 12.4 Å². The Morgan fingerprint density at radius 3 is 1.88 bits per heavy atom. The van der Waals surface area contributed by atoms with E-state index in [0.717, 1.165) is 26.0 Å². The van der Waals surface area contributed by atoms with Crippen molar-refractivity contribution in [3.05, 3.63) is 108 Å². The van der Waals surface area contributed by atoms with E-state index in [-0.39, 0.29) is 18.0 Å². The molecular weight excluding hydrogens is 438 g/mol. The molecule has 1 saturated carbocycles. The Morgan fingerprint density at radius 1 is 0.706 bits per heavy atom. The van der Waals surface area contributed by atoms with Crippen LogP contribution in [0.15, 0.2) is 91.0 Å².